The van der Waals surface area contributed by atoms with Gasteiger partial charge in [-0.15, -0.1) is 0 Å². The third kappa shape index (κ3) is 6.10. The van der Waals surface area contributed by atoms with Gasteiger partial charge in [-0.2, -0.15) is 0 Å². The fraction of sp³-hybridized carbons (Fsp3) is 0.581. The minimum absolute atomic E-state index is 0.0384. The molecule has 4 aliphatic rings. The lowest BCUT2D eigenvalue weighted by Crippen LogP contribution is -2.44. The van der Waals surface area contributed by atoms with Crippen molar-refractivity contribution in [3.63, 3.8) is 0 Å². The molecule has 2 aromatic rings. The average Bonchev–Trinajstić information content (AvgIpc) is 3.62. The zero-order chi connectivity index (χ0) is 27.5. The van der Waals surface area contributed by atoms with Crippen LogP contribution in [0.25, 0.3) is 0 Å². The SMILES string of the molecule is O=C(NC[C@H](C(=O)O)c1cccc(N2C[C@H]3CC2CO3)c1)[C@@H]1CCCN(CCCc2ccc3c(n2)NCCC3)C1. The molecule has 1 aromatic carbocycles. The second-order valence-corrected chi connectivity index (χ2v) is 11.8. The highest BCUT2D eigenvalue weighted by Gasteiger charge is 2.39. The van der Waals surface area contributed by atoms with Crippen LogP contribution in [-0.2, 0) is 27.2 Å². The summed E-state index contributed by atoms with van der Waals surface area (Å²) in [6.45, 7) is 5.32. The molecule has 4 atom stereocenters. The number of pyridine rings is 1. The van der Waals surface area contributed by atoms with Gasteiger partial charge in [0.2, 0.25) is 5.91 Å². The molecule has 2 bridgehead atoms. The van der Waals surface area contributed by atoms with E-state index in [4.69, 9.17) is 9.72 Å². The molecule has 40 heavy (non-hydrogen) atoms. The van der Waals surface area contributed by atoms with E-state index >= 15 is 0 Å². The summed E-state index contributed by atoms with van der Waals surface area (Å²) >= 11 is 0. The van der Waals surface area contributed by atoms with Gasteiger partial charge in [0.25, 0.3) is 0 Å². The quantitative estimate of drug-likeness (QED) is 0.417. The van der Waals surface area contributed by atoms with E-state index in [0.29, 0.717) is 6.04 Å². The number of likely N-dealkylation sites (tertiary alicyclic amines) is 1. The van der Waals surface area contributed by atoms with Gasteiger partial charge in [-0.25, -0.2) is 4.98 Å². The number of amides is 1. The number of hydrogen-bond acceptors (Lipinski definition) is 7. The number of aliphatic carboxylic acids is 1. The number of nitrogens with zero attached hydrogens (tertiary/aromatic N) is 3. The van der Waals surface area contributed by atoms with E-state index in [0.717, 1.165) is 107 Å². The Kier molecular flexibility index (Phi) is 8.20. The fourth-order valence-electron chi connectivity index (χ4n) is 6.80. The molecule has 4 aliphatic heterocycles. The summed E-state index contributed by atoms with van der Waals surface area (Å²) in [6, 6.07) is 12.5. The highest BCUT2D eigenvalue weighted by Crippen LogP contribution is 2.34. The Morgan fingerprint density at radius 1 is 1.20 bits per heavy atom. The fourth-order valence-corrected chi connectivity index (χ4v) is 6.80. The first kappa shape index (κ1) is 27.0. The molecule has 3 fully saturated rings. The van der Waals surface area contributed by atoms with Crippen molar-refractivity contribution in [3.8, 4) is 0 Å². The number of carbonyl (C=O) groups is 2. The van der Waals surface area contributed by atoms with Crippen molar-refractivity contribution < 1.29 is 19.4 Å². The first-order valence-electron chi connectivity index (χ1n) is 15.0. The summed E-state index contributed by atoms with van der Waals surface area (Å²) < 4.78 is 5.72. The van der Waals surface area contributed by atoms with Crippen molar-refractivity contribution >= 4 is 23.4 Å². The lowest BCUT2D eigenvalue weighted by atomic mass is 9.95. The zero-order valence-corrected chi connectivity index (χ0v) is 23.2. The number of carbonyl (C=O) groups excluding carboxylic acids is 1. The predicted molar refractivity (Wildman–Crippen MR) is 154 cm³/mol. The Balaban J connectivity index is 0.992. The molecule has 0 radical (unpaired) electrons. The van der Waals surface area contributed by atoms with Crippen LogP contribution in [0, 0.1) is 5.92 Å². The van der Waals surface area contributed by atoms with Gasteiger partial charge >= 0.3 is 5.97 Å². The summed E-state index contributed by atoms with van der Waals surface area (Å²) in [6.07, 6.45) is 7.31. The van der Waals surface area contributed by atoms with Crippen LogP contribution < -0.4 is 15.5 Å². The normalized spacial score (nSPS) is 24.8. The topological polar surface area (TPSA) is 107 Å². The van der Waals surface area contributed by atoms with Gasteiger partial charge in [-0.1, -0.05) is 18.2 Å². The number of morpholine rings is 1. The molecular weight excluding hydrogens is 506 g/mol. The molecule has 0 spiro atoms. The molecule has 214 valence electrons. The van der Waals surface area contributed by atoms with Crippen molar-refractivity contribution in [2.24, 2.45) is 5.92 Å². The number of nitrogens with one attached hydrogen (secondary N) is 2. The van der Waals surface area contributed by atoms with Crippen molar-refractivity contribution in [1.82, 2.24) is 15.2 Å². The number of carboxylic acid groups (broad SMARTS) is 1. The largest absolute Gasteiger partial charge is 0.481 e. The summed E-state index contributed by atoms with van der Waals surface area (Å²) in [5.41, 5.74) is 4.20. The third-order valence-corrected chi connectivity index (χ3v) is 9.02. The summed E-state index contributed by atoms with van der Waals surface area (Å²) in [7, 11) is 0. The number of ether oxygens (including phenoxy) is 1. The van der Waals surface area contributed by atoms with Crippen LogP contribution in [0.2, 0.25) is 0 Å². The number of fused-ring (bicyclic) bond motifs is 3. The first-order chi connectivity index (χ1) is 19.5. The molecule has 5 heterocycles. The van der Waals surface area contributed by atoms with Crippen LogP contribution in [0.15, 0.2) is 36.4 Å². The number of rotatable bonds is 10. The predicted octanol–water partition coefficient (Wildman–Crippen LogP) is 3.05. The van der Waals surface area contributed by atoms with E-state index in [9.17, 15) is 14.7 Å². The highest BCUT2D eigenvalue weighted by atomic mass is 16.5. The van der Waals surface area contributed by atoms with Crippen molar-refractivity contribution in [1.29, 1.82) is 0 Å². The minimum atomic E-state index is -0.917. The number of piperidine rings is 1. The van der Waals surface area contributed by atoms with Crippen LogP contribution in [-0.4, -0.2) is 84.9 Å². The number of hydrogen-bond donors (Lipinski definition) is 3. The molecule has 9 nitrogen and oxygen atoms in total. The number of aromatic nitrogens is 1. The Hall–Kier alpha value is -3.17. The molecule has 0 aliphatic carbocycles. The van der Waals surface area contributed by atoms with Crippen LogP contribution in [0.3, 0.4) is 0 Å². The molecule has 1 aromatic heterocycles. The smallest absolute Gasteiger partial charge is 0.312 e. The van der Waals surface area contributed by atoms with E-state index < -0.39 is 11.9 Å². The van der Waals surface area contributed by atoms with Crippen LogP contribution >= 0.6 is 0 Å². The Morgan fingerprint density at radius 2 is 2.12 bits per heavy atom. The second kappa shape index (κ2) is 12.1. The van der Waals surface area contributed by atoms with Gasteiger partial charge in [0.1, 0.15) is 5.82 Å². The molecular formula is C31H41N5O4. The van der Waals surface area contributed by atoms with Gasteiger partial charge in [-0.3, -0.25) is 9.59 Å². The van der Waals surface area contributed by atoms with Gasteiger partial charge in [-0.05, 0) is 87.4 Å². The maximum absolute atomic E-state index is 13.1. The highest BCUT2D eigenvalue weighted by molar-refractivity contribution is 5.81. The second-order valence-electron chi connectivity index (χ2n) is 11.8. The Bertz CT molecular complexity index is 1220. The molecule has 3 N–H and O–H groups in total. The van der Waals surface area contributed by atoms with E-state index in [1.54, 1.807) is 0 Å². The summed E-state index contributed by atoms with van der Waals surface area (Å²) in [5, 5.41) is 16.4. The van der Waals surface area contributed by atoms with Crippen molar-refractivity contribution in [2.75, 3.05) is 56.1 Å². The molecule has 1 unspecified atom stereocenters. The van der Waals surface area contributed by atoms with Crippen molar-refractivity contribution in [2.45, 2.75) is 63.0 Å². The Labute approximate surface area is 236 Å². The zero-order valence-electron chi connectivity index (χ0n) is 23.2. The van der Waals surface area contributed by atoms with E-state index in [2.05, 4.69) is 32.6 Å². The molecule has 9 heteroatoms. The number of aryl methyl sites for hydroxylation is 2. The molecule has 1 amide bonds. The van der Waals surface area contributed by atoms with E-state index in [1.165, 1.54) is 5.56 Å². The lowest BCUT2D eigenvalue weighted by molar-refractivity contribution is -0.138. The maximum Gasteiger partial charge on any atom is 0.312 e. The maximum atomic E-state index is 13.1. The van der Waals surface area contributed by atoms with Crippen LogP contribution in [0.5, 0.6) is 0 Å². The van der Waals surface area contributed by atoms with E-state index in [-0.39, 0.29) is 24.5 Å². The minimum Gasteiger partial charge on any atom is -0.481 e. The van der Waals surface area contributed by atoms with E-state index in [1.807, 2.05) is 24.3 Å². The van der Waals surface area contributed by atoms with Gasteiger partial charge in [0.05, 0.1) is 30.6 Å². The van der Waals surface area contributed by atoms with Gasteiger partial charge < -0.3 is 30.3 Å². The number of anilines is 2. The lowest BCUT2D eigenvalue weighted by Gasteiger charge is -2.32. The monoisotopic (exact) mass is 547 g/mol. The van der Waals surface area contributed by atoms with Crippen LogP contribution in [0.1, 0.15) is 54.8 Å². The number of carboxylic acids is 1. The van der Waals surface area contributed by atoms with Gasteiger partial charge in [0.15, 0.2) is 0 Å². The third-order valence-electron chi connectivity index (χ3n) is 9.02. The summed E-state index contributed by atoms with van der Waals surface area (Å²) in [5.74, 6) is -0.801. The average molecular weight is 548 g/mol. The number of benzene rings is 1. The van der Waals surface area contributed by atoms with Crippen LogP contribution in [0.4, 0.5) is 11.5 Å². The Morgan fingerprint density at radius 3 is 2.95 bits per heavy atom. The molecule has 6 rings (SSSR count). The molecule has 0 saturated carbocycles. The first-order valence-corrected chi connectivity index (χ1v) is 15.0. The van der Waals surface area contributed by atoms with Crippen molar-refractivity contribution in [3.05, 3.63) is 53.2 Å². The van der Waals surface area contributed by atoms with Gasteiger partial charge in [0, 0.05) is 37.6 Å². The standard InChI is InChI=1S/C31H41N5O4/c37-30(23-7-3-13-35(18-23)14-4-8-24-11-10-21-6-2-12-32-29(21)34-24)33-17-28(31(38)39)22-5-1-9-25(15-22)36-19-27-16-26(36)20-40-27/h1,5,9-11,15,23,26-28H,2-4,6-8,12-14,16-20H2,(H,32,34)(H,33,37)(H,38,39)/t23-,26?,27-,28+/m1/s1. The summed E-state index contributed by atoms with van der Waals surface area (Å²) in [4.78, 5) is 34.8. The molecule has 3 saturated heterocycles.